The van der Waals surface area contributed by atoms with Crippen LogP contribution in [0.1, 0.15) is 80.1 Å². The summed E-state index contributed by atoms with van der Waals surface area (Å²) in [7, 11) is 0. The zero-order valence-corrected chi connectivity index (χ0v) is 19.1. The highest BCUT2D eigenvalue weighted by atomic mass is 16.5. The van der Waals surface area contributed by atoms with E-state index >= 15 is 0 Å². The summed E-state index contributed by atoms with van der Waals surface area (Å²) in [5.41, 5.74) is 10.1. The summed E-state index contributed by atoms with van der Waals surface area (Å²) in [6.45, 7) is 0. The lowest BCUT2D eigenvalue weighted by molar-refractivity contribution is 0.144. The normalized spacial score (nSPS) is 26.3. The molecule has 0 aromatic heterocycles. The number of rotatable bonds is 4. The minimum absolute atomic E-state index is 0.0333. The molecule has 2 aliphatic heterocycles. The van der Waals surface area contributed by atoms with Crippen LogP contribution in [-0.4, -0.2) is 22.9 Å². The van der Waals surface area contributed by atoms with Crippen LogP contribution in [0.5, 0.6) is 0 Å². The van der Waals surface area contributed by atoms with Gasteiger partial charge in [-0.15, -0.1) is 0 Å². The highest BCUT2D eigenvalue weighted by Gasteiger charge is 2.40. The molecule has 0 amide bonds. The van der Waals surface area contributed by atoms with Gasteiger partial charge in [0.1, 0.15) is 12.1 Å². The number of guanidine groups is 1. The quantitative estimate of drug-likeness (QED) is 0.658. The lowest BCUT2D eigenvalue weighted by atomic mass is 9.72. The first-order chi connectivity index (χ1) is 16.2. The van der Waals surface area contributed by atoms with Gasteiger partial charge in [-0.3, -0.25) is 0 Å². The summed E-state index contributed by atoms with van der Waals surface area (Å²) in [5, 5.41) is 0. The molecular weight excluding hydrogens is 408 g/mol. The first-order valence-corrected chi connectivity index (χ1v) is 12.4. The van der Waals surface area contributed by atoms with Crippen molar-refractivity contribution in [2.24, 2.45) is 15.7 Å². The lowest BCUT2D eigenvalue weighted by Gasteiger charge is -2.38. The van der Waals surface area contributed by atoms with Crippen LogP contribution in [-0.2, 0) is 10.3 Å². The zero-order chi connectivity index (χ0) is 22.3. The van der Waals surface area contributed by atoms with Crippen molar-refractivity contribution in [1.29, 1.82) is 0 Å². The molecule has 2 aromatic carbocycles. The third-order valence-electron chi connectivity index (χ3n) is 7.73. The minimum Gasteiger partial charge on any atom is -0.474 e. The van der Waals surface area contributed by atoms with Crippen LogP contribution in [0.25, 0.3) is 0 Å². The molecule has 2 saturated carbocycles. The third-order valence-corrected chi connectivity index (χ3v) is 7.73. The first-order valence-electron chi connectivity index (χ1n) is 12.4. The smallest absolute Gasteiger partial charge is 0.229 e. The molecule has 2 fully saturated rings. The van der Waals surface area contributed by atoms with Gasteiger partial charge in [-0.05, 0) is 61.6 Å². The Hall–Kier alpha value is -2.92. The Labute approximate surface area is 196 Å². The second-order valence-electron chi connectivity index (χ2n) is 9.91. The number of hydrogen-bond donors (Lipinski definition) is 1. The molecule has 5 heteroatoms. The average Bonchev–Trinajstić information content (AvgIpc) is 3.22. The fourth-order valence-corrected chi connectivity index (χ4v) is 5.59. The summed E-state index contributed by atoms with van der Waals surface area (Å²) in [4.78, 5) is 12.1. The fraction of sp³-hybridized carbons (Fsp3) is 0.429. The van der Waals surface area contributed by atoms with E-state index in [1.54, 1.807) is 0 Å². The predicted octanol–water partition coefficient (Wildman–Crippen LogP) is 5.75. The third kappa shape index (κ3) is 3.89. The van der Waals surface area contributed by atoms with E-state index in [1.165, 1.54) is 42.4 Å². The maximum atomic E-state index is 6.56. The van der Waals surface area contributed by atoms with Gasteiger partial charge in [0, 0.05) is 17.8 Å². The van der Waals surface area contributed by atoms with Gasteiger partial charge in [0.15, 0.2) is 0 Å². The van der Waals surface area contributed by atoms with Crippen molar-refractivity contribution in [2.45, 2.75) is 75.1 Å². The Morgan fingerprint density at radius 1 is 0.879 bits per heavy atom. The molecule has 0 bridgehead atoms. The monoisotopic (exact) mass is 440 g/mol. The van der Waals surface area contributed by atoms with E-state index in [-0.39, 0.29) is 23.7 Å². The van der Waals surface area contributed by atoms with Crippen LogP contribution >= 0.6 is 0 Å². The molecule has 33 heavy (non-hydrogen) atoms. The largest absolute Gasteiger partial charge is 0.474 e. The van der Waals surface area contributed by atoms with Crippen molar-refractivity contribution in [3.63, 3.8) is 0 Å². The van der Waals surface area contributed by atoms with Crippen molar-refractivity contribution in [3.05, 3.63) is 83.6 Å². The molecule has 5 nitrogen and oxygen atoms in total. The SMILES string of the molecule is NC1(c2ccc(C3N=C4N=C(OC5CCCCC5)C=CN4C3c3ccccc3)cc2)CCC1. The van der Waals surface area contributed by atoms with Crippen LogP contribution in [0.2, 0.25) is 0 Å². The van der Waals surface area contributed by atoms with Crippen molar-refractivity contribution >= 4 is 11.9 Å². The molecule has 6 rings (SSSR count). The van der Waals surface area contributed by atoms with Gasteiger partial charge in [-0.1, -0.05) is 61.0 Å². The molecule has 2 atom stereocenters. The summed E-state index contributed by atoms with van der Waals surface area (Å²) in [6.07, 6.45) is 13.8. The number of ether oxygens (including phenoxy) is 1. The van der Waals surface area contributed by atoms with Gasteiger partial charge in [0.05, 0.1) is 6.04 Å². The summed E-state index contributed by atoms with van der Waals surface area (Å²) < 4.78 is 6.24. The fourth-order valence-electron chi connectivity index (χ4n) is 5.59. The van der Waals surface area contributed by atoms with Gasteiger partial charge in [-0.25, -0.2) is 4.99 Å². The Morgan fingerprint density at radius 2 is 1.64 bits per heavy atom. The van der Waals surface area contributed by atoms with Crippen LogP contribution in [0, 0.1) is 0 Å². The highest BCUT2D eigenvalue weighted by molar-refractivity contribution is 6.02. The number of fused-ring (bicyclic) bond motifs is 1. The van der Waals surface area contributed by atoms with E-state index in [4.69, 9.17) is 20.5 Å². The Balaban J connectivity index is 1.30. The molecule has 170 valence electrons. The first kappa shape index (κ1) is 20.7. The summed E-state index contributed by atoms with van der Waals surface area (Å²) in [6, 6.07) is 19.5. The van der Waals surface area contributed by atoms with Gasteiger partial charge in [-0.2, -0.15) is 4.99 Å². The minimum atomic E-state index is -0.144. The summed E-state index contributed by atoms with van der Waals surface area (Å²) >= 11 is 0. The molecular formula is C28H32N4O. The number of nitrogens with two attached hydrogens (primary N) is 1. The molecule has 2 aliphatic carbocycles. The topological polar surface area (TPSA) is 63.2 Å². The molecule has 4 aliphatic rings. The Bertz CT molecular complexity index is 1080. The van der Waals surface area contributed by atoms with Gasteiger partial charge in [0.2, 0.25) is 11.9 Å². The van der Waals surface area contributed by atoms with Gasteiger partial charge >= 0.3 is 0 Å². The number of benzene rings is 2. The Kier molecular flexibility index (Phi) is 5.30. The van der Waals surface area contributed by atoms with Crippen LogP contribution in [0.4, 0.5) is 0 Å². The predicted molar refractivity (Wildman–Crippen MR) is 132 cm³/mol. The van der Waals surface area contributed by atoms with Gasteiger partial charge < -0.3 is 15.4 Å². The van der Waals surface area contributed by atoms with Gasteiger partial charge in [0.25, 0.3) is 0 Å². The average molecular weight is 441 g/mol. The van der Waals surface area contributed by atoms with Crippen LogP contribution < -0.4 is 5.73 Å². The van der Waals surface area contributed by atoms with Crippen LogP contribution in [0.15, 0.2) is 76.9 Å². The molecule has 0 radical (unpaired) electrons. The molecule has 0 saturated heterocycles. The van der Waals surface area contributed by atoms with E-state index < -0.39 is 0 Å². The van der Waals surface area contributed by atoms with E-state index in [0.29, 0.717) is 5.90 Å². The highest BCUT2D eigenvalue weighted by Crippen LogP contribution is 2.44. The molecule has 2 aromatic rings. The molecule has 0 spiro atoms. The van der Waals surface area contributed by atoms with Crippen molar-refractivity contribution in [2.75, 3.05) is 0 Å². The van der Waals surface area contributed by atoms with Crippen molar-refractivity contribution < 1.29 is 4.74 Å². The molecule has 2 unspecified atom stereocenters. The van der Waals surface area contributed by atoms with Crippen molar-refractivity contribution in [3.8, 4) is 0 Å². The van der Waals surface area contributed by atoms with E-state index in [0.717, 1.165) is 31.6 Å². The Morgan fingerprint density at radius 3 is 2.33 bits per heavy atom. The van der Waals surface area contributed by atoms with Crippen LogP contribution in [0.3, 0.4) is 0 Å². The second kappa shape index (κ2) is 8.45. The maximum absolute atomic E-state index is 6.56. The van der Waals surface area contributed by atoms with Crippen molar-refractivity contribution in [1.82, 2.24) is 4.90 Å². The standard InChI is InChI=1S/C28H32N4O/c29-28(17-7-18-28)22-14-12-20(13-15-22)25-26(21-8-3-1-4-9-21)32-19-16-24(30-27(32)31-25)33-23-10-5-2-6-11-23/h1,3-4,8-9,12-16,19,23,25-26H,2,5-7,10-11,17-18,29H2. The molecule has 2 N–H and O–H groups in total. The number of aliphatic imine (C=N–C) groups is 2. The second-order valence-corrected chi connectivity index (χ2v) is 9.91. The zero-order valence-electron chi connectivity index (χ0n) is 19.1. The van der Waals surface area contributed by atoms with E-state index in [9.17, 15) is 0 Å². The molecule has 2 heterocycles. The summed E-state index contributed by atoms with van der Waals surface area (Å²) in [5.74, 6) is 1.43. The van der Waals surface area contributed by atoms with E-state index in [1.807, 2.05) is 6.08 Å². The van der Waals surface area contributed by atoms with E-state index in [2.05, 4.69) is 65.7 Å². The number of hydrogen-bond acceptors (Lipinski definition) is 5. The lowest BCUT2D eigenvalue weighted by Crippen LogP contribution is -2.43. The maximum Gasteiger partial charge on any atom is 0.229 e. The number of nitrogens with zero attached hydrogens (tertiary/aromatic N) is 3.